The van der Waals surface area contributed by atoms with Gasteiger partial charge in [-0.1, -0.05) is 21.6 Å². The van der Waals surface area contributed by atoms with Crippen LogP contribution in [0.2, 0.25) is 0 Å². The first-order chi connectivity index (χ1) is 2.50. The van der Waals surface area contributed by atoms with Gasteiger partial charge in [-0.3, -0.25) is 0 Å². The van der Waals surface area contributed by atoms with Crippen molar-refractivity contribution in [1.82, 2.24) is 6.15 Å². The maximum Gasteiger partial charge on any atom is 0.0616 e. The van der Waals surface area contributed by atoms with E-state index in [1.54, 1.807) is 0 Å². The lowest BCUT2D eigenvalue weighted by molar-refractivity contribution is 2.13. The second-order valence-corrected chi connectivity index (χ2v) is 6.86. The molecular formula is CH5NS4. The highest BCUT2D eigenvalue weighted by Gasteiger charge is 1.98. The molecule has 5 heteroatoms. The quantitative estimate of drug-likeness (QED) is 0.550. The lowest BCUT2D eigenvalue weighted by Crippen LogP contribution is -1.38. The van der Waals surface area contributed by atoms with Gasteiger partial charge in [-0.05, 0) is 19.7 Å². The third-order valence-corrected chi connectivity index (χ3v) is 7.45. The maximum absolute atomic E-state index is 1.92. The largest absolute Gasteiger partial charge is 0.344 e. The van der Waals surface area contributed by atoms with Gasteiger partial charge in [0.15, 0.2) is 0 Å². The smallest absolute Gasteiger partial charge is 0.0616 e. The van der Waals surface area contributed by atoms with Crippen molar-refractivity contribution in [3.05, 3.63) is 0 Å². The molecule has 0 aromatic rings. The van der Waals surface area contributed by atoms with Crippen molar-refractivity contribution in [3.63, 3.8) is 0 Å². The molecule has 0 atom stereocenters. The van der Waals surface area contributed by atoms with E-state index in [2.05, 4.69) is 0 Å². The first kappa shape index (κ1) is 7.36. The standard InChI is InChI=1S/CH2S4.H3N/c1-2-4-5-3-1;/h1H2;1H3. The van der Waals surface area contributed by atoms with Gasteiger partial charge < -0.3 is 6.15 Å². The Morgan fingerprint density at radius 1 is 1.00 bits per heavy atom. The van der Waals surface area contributed by atoms with E-state index in [9.17, 15) is 0 Å². The van der Waals surface area contributed by atoms with Crippen LogP contribution in [0.15, 0.2) is 0 Å². The van der Waals surface area contributed by atoms with Crippen LogP contribution in [0, 0.1) is 0 Å². The maximum atomic E-state index is 1.92. The van der Waals surface area contributed by atoms with Crippen LogP contribution in [-0.2, 0) is 0 Å². The Morgan fingerprint density at radius 3 is 1.67 bits per heavy atom. The van der Waals surface area contributed by atoms with Crippen LogP contribution in [0.5, 0.6) is 0 Å². The number of hydrogen-bond acceptors (Lipinski definition) is 5. The molecule has 1 saturated heterocycles. The molecule has 0 aromatic carbocycles. The van der Waals surface area contributed by atoms with Gasteiger partial charge in [0.05, 0.1) is 5.08 Å². The summed E-state index contributed by atoms with van der Waals surface area (Å²) in [7, 11) is 7.57. The van der Waals surface area contributed by atoms with Crippen LogP contribution in [0.3, 0.4) is 0 Å². The Balaban J connectivity index is 0.000000250. The average molecular weight is 159 g/mol. The third kappa shape index (κ3) is 2.52. The Hall–Kier alpha value is 1.36. The second-order valence-electron chi connectivity index (χ2n) is 0.490. The lowest BCUT2D eigenvalue weighted by Gasteiger charge is -1.65. The first-order valence-corrected chi connectivity index (χ1v) is 6.23. The topological polar surface area (TPSA) is 35.0 Å². The SMILES string of the molecule is C1SSSS1.N. The molecule has 0 bridgehead atoms. The van der Waals surface area contributed by atoms with Crippen LogP contribution in [-0.4, -0.2) is 5.08 Å². The van der Waals surface area contributed by atoms with Crippen LogP contribution >= 0.6 is 41.2 Å². The monoisotopic (exact) mass is 159 g/mol. The summed E-state index contributed by atoms with van der Waals surface area (Å²) in [5.41, 5.74) is 0. The normalized spacial score (nSPS) is 20.0. The zero-order chi connectivity index (χ0) is 3.54. The van der Waals surface area contributed by atoms with Gasteiger partial charge in [-0.15, -0.1) is 0 Å². The molecule has 0 aromatic heterocycles. The van der Waals surface area contributed by atoms with Gasteiger partial charge in [0.1, 0.15) is 0 Å². The predicted octanol–water partition coefficient (Wildman–Crippen LogP) is 2.80. The highest BCUT2D eigenvalue weighted by molar-refractivity contribution is 9.30. The Labute approximate surface area is 52.6 Å². The Bertz CT molecular complexity index is 19.1. The van der Waals surface area contributed by atoms with E-state index in [1.165, 1.54) is 5.08 Å². The van der Waals surface area contributed by atoms with Gasteiger partial charge >= 0.3 is 0 Å². The summed E-state index contributed by atoms with van der Waals surface area (Å²) in [5.74, 6) is 0. The van der Waals surface area contributed by atoms with Crippen LogP contribution in [0.1, 0.15) is 0 Å². The van der Waals surface area contributed by atoms with Crippen LogP contribution in [0.25, 0.3) is 0 Å². The summed E-state index contributed by atoms with van der Waals surface area (Å²) in [6.45, 7) is 0. The molecule has 1 aliphatic heterocycles. The minimum atomic E-state index is 0. The molecule has 1 rings (SSSR count). The molecule has 3 N–H and O–H groups in total. The number of hydrogen-bond donors (Lipinski definition) is 1. The van der Waals surface area contributed by atoms with E-state index in [1.807, 2.05) is 41.2 Å². The van der Waals surface area contributed by atoms with Gasteiger partial charge in [-0.2, -0.15) is 0 Å². The third-order valence-electron chi connectivity index (χ3n) is 0.220. The van der Waals surface area contributed by atoms with Crippen molar-refractivity contribution in [2.45, 2.75) is 0 Å². The summed E-state index contributed by atoms with van der Waals surface area (Å²) in [5, 5.41) is 1.26. The lowest BCUT2D eigenvalue weighted by atomic mass is 11.9. The van der Waals surface area contributed by atoms with E-state index in [4.69, 9.17) is 0 Å². The van der Waals surface area contributed by atoms with Crippen LogP contribution < -0.4 is 6.15 Å². The fraction of sp³-hybridized carbons (Fsp3) is 1.00. The van der Waals surface area contributed by atoms with E-state index in [0.29, 0.717) is 0 Å². The van der Waals surface area contributed by atoms with Gasteiger partial charge in [0.2, 0.25) is 0 Å². The second kappa shape index (κ2) is 4.52. The molecule has 0 aliphatic carbocycles. The molecule has 6 heavy (non-hydrogen) atoms. The molecule has 38 valence electrons. The van der Waals surface area contributed by atoms with Crippen molar-refractivity contribution in [1.29, 1.82) is 0 Å². The predicted molar refractivity (Wildman–Crippen MR) is 40.3 cm³/mol. The molecule has 0 saturated carbocycles. The Kier molecular flexibility index (Phi) is 5.54. The highest BCUT2D eigenvalue weighted by Crippen LogP contribution is 2.53. The van der Waals surface area contributed by atoms with Crippen molar-refractivity contribution in [3.8, 4) is 0 Å². The van der Waals surface area contributed by atoms with E-state index >= 15 is 0 Å². The van der Waals surface area contributed by atoms with E-state index in [0.717, 1.165) is 0 Å². The fourth-order valence-electron chi connectivity index (χ4n) is 0.0982. The molecule has 1 aliphatic rings. The van der Waals surface area contributed by atoms with Gasteiger partial charge in [-0.25, -0.2) is 0 Å². The molecule has 1 nitrogen and oxygen atoms in total. The fourth-order valence-corrected chi connectivity index (χ4v) is 7.95. The van der Waals surface area contributed by atoms with Crippen molar-refractivity contribution < 1.29 is 0 Å². The zero-order valence-corrected chi connectivity index (χ0v) is 6.31. The van der Waals surface area contributed by atoms with Crippen molar-refractivity contribution in [2.75, 3.05) is 5.08 Å². The van der Waals surface area contributed by atoms with E-state index in [-0.39, 0.29) is 6.15 Å². The molecule has 0 spiro atoms. The van der Waals surface area contributed by atoms with Gasteiger partial charge in [0.25, 0.3) is 0 Å². The zero-order valence-electron chi connectivity index (χ0n) is 3.05. The summed E-state index contributed by atoms with van der Waals surface area (Å²) >= 11 is 0. The molecule has 0 amide bonds. The minimum absolute atomic E-state index is 0. The summed E-state index contributed by atoms with van der Waals surface area (Å²) in [6, 6.07) is 0. The van der Waals surface area contributed by atoms with E-state index < -0.39 is 0 Å². The minimum Gasteiger partial charge on any atom is -0.344 e. The summed E-state index contributed by atoms with van der Waals surface area (Å²) in [6.07, 6.45) is 0. The molecular weight excluding hydrogens is 154 g/mol. The summed E-state index contributed by atoms with van der Waals surface area (Å²) in [4.78, 5) is 0. The molecule has 0 unspecified atom stereocenters. The molecule has 1 fully saturated rings. The van der Waals surface area contributed by atoms with Crippen LogP contribution in [0.4, 0.5) is 0 Å². The molecule has 1 heterocycles. The average Bonchev–Trinajstić information content (AvgIpc) is 1.76. The number of rotatable bonds is 0. The Morgan fingerprint density at radius 2 is 1.50 bits per heavy atom. The van der Waals surface area contributed by atoms with Crippen molar-refractivity contribution in [2.24, 2.45) is 0 Å². The molecule has 0 radical (unpaired) electrons. The van der Waals surface area contributed by atoms with Gasteiger partial charge in [0, 0.05) is 0 Å². The summed E-state index contributed by atoms with van der Waals surface area (Å²) < 4.78 is 0. The highest BCUT2D eigenvalue weighted by atomic mass is 33.7. The first-order valence-electron chi connectivity index (χ1n) is 1.08. The van der Waals surface area contributed by atoms with Crippen molar-refractivity contribution >= 4 is 41.2 Å².